The van der Waals surface area contributed by atoms with Crippen LogP contribution in [-0.2, 0) is 9.63 Å². The van der Waals surface area contributed by atoms with E-state index in [-0.39, 0.29) is 29.6 Å². The molecule has 0 N–H and O–H groups in total. The van der Waals surface area contributed by atoms with Crippen LogP contribution in [0.1, 0.15) is 49.5 Å². The molecule has 0 radical (unpaired) electrons. The number of oxime groups is 1. The average molecular weight is 374 g/mol. The third kappa shape index (κ3) is 3.59. The highest BCUT2D eigenvalue weighted by molar-refractivity contribution is 6.04. The van der Waals surface area contributed by atoms with Gasteiger partial charge in [-0.1, -0.05) is 18.0 Å². The van der Waals surface area contributed by atoms with Gasteiger partial charge in [-0.05, 0) is 43.2 Å². The van der Waals surface area contributed by atoms with Crippen LogP contribution in [0.3, 0.4) is 0 Å². The minimum atomic E-state index is -0.835. The van der Waals surface area contributed by atoms with Crippen LogP contribution in [0.25, 0.3) is 0 Å². The lowest BCUT2D eigenvalue weighted by atomic mass is 10.0. The predicted octanol–water partition coefficient (Wildman–Crippen LogP) is 4.19. The molecule has 3 heterocycles. The summed E-state index contributed by atoms with van der Waals surface area (Å²) in [6.07, 6.45) is 4.65. The van der Waals surface area contributed by atoms with E-state index in [2.05, 4.69) is 5.16 Å². The monoisotopic (exact) mass is 374 g/mol. The average Bonchev–Trinajstić information content (AvgIpc) is 3.31. The second kappa shape index (κ2) is 7.50. The molecular formula is C20H20F2N2O3. The zero-order valence-electron chi connectivity index (χ0n) is 14.7. The van der Waals surface area contributed by atoms with E-state index in [0.29, 0.717) is 6.54 Å². The van der Waals surface area contributed by atoms with Crippen LogP contribution in [0.15, 0.2) is 46.2 Å². The Morgan fingerprint density at radius 2 is 2.07 bits per heavy atom. The molecule has 1 aromatic heterocycles. The largest absolute Gasteiger partial charge is 0.467 e. The van der Waals surface area contributed by atoms with Crippen molar-refractivity contribution in [3.05, 3.63) is 59.6 Å². The van der Waals surface area contributed by atoms with Crippen molar-refractivity contribution in [3.63, 3.8) is 0 Å². The summed E-state index contributed by atoms with van der Waals surface area (Å²) < 4.78 is 33.0. The fraction of sp³-hybridized carbons (Fsp3) is 0.400. The number of nitrogens with zero attached hydrogens (tertiary/aromatic N) is 2. The number of hydrogen-bond acceptors (Lipinski definition) is 4. The maximum atomic E-state index is 14.0. The molecule has 0 spiro atoms. The van der Waals surface area contributed by atoms with Crippen LogP contribution in [-0.4, -0.2) is 29.2 Å². The predicted molar refractivity (Wildman–Crippen MR) is 94.0 cm³/mol. The van der Waals surface area contributed by atoms with Crippen LogP contribution in [0, 0.1) is 11.6 Å². The van der Waals surface area contributed by atoms with Crippen molar-refractivity contribution >= 4 is 11.6 Å². The lowest BCUT2D eigenvalue weighted by Crippen LogP contribution is -2.41. The molecule has 4 rings (SSSR count). The van der Waals surface area contributed by atoms with Gasteiger partial charge in [-0.2, -0.15) is 0 Å². The smallest absolute Gasteiger partial charge is 0.267 e. The minimum Gasteiger partial charge on any atom is -0.467 e. The Labute approximate surface area is 155 Å². The summed E-state index contributed by atoms with van der Waals surface area (Å²) in [5.41, 5.74) is 0.276. The summed E-state index contributed by atoms with van der Waals surface area (Å²) in [6.45, 7) is 0.605. The molecule has 0 unspecified atom stereocenters. The number of likely N-dealkylation sites (tertiary alicyclic amines) is 1. The van der Waals surface area contributed by atoms with Crippen molar-refractivity contribution in [1.82, 2.24) is 4.90 Å². The molecule has 0 aliphatic carbocycles. The minimum absolute atomic E-state index is 0.0313. The molecule has 5 nitrogen and oxygen atoms in total. The molecule has 1 fully saturated rings. The molecule has 0 bridgehead atoms. The molecule has 27 heavy (non-hydrogen) atoms. The van der Waals surface area contributed by atoms with Gasteiger partial charge in [-0.25, -0.2) is 8.78 Å². The van der Waals surface area contributed by atoms with Crippen LogP contribution < -0.4 is 0 Å². The highest BCUT2D eigenvalue weighted by Crippen LogP contribution is 2.32. The molecular weight excluding hydrogens is 354 g/mol. The van der Waals surface area contributed by atoms with E-state index in [9.17, 15) is 13.6 Å². The van der Waals surface area contributed by atoms with E-state index < -0.39 is 17.7 Å². The highest BCUT2D eigenvalue weighted by atomic mass is 19.1. The van der Waals surface area contributed by atoms with Gasteiger partial charge in [0.05, 0.1) is 18.0 Å². The van der Waals surface area contributed by atoms with Crippen molar-refractivity contribution in [1.29, 1.82) is 0 Å². The zero-order chi connectivity index (χ0) is 18.8. The Morgan fingerprint density at radius 1 is 1.19 bits per heavy atom. The molecule has 2 aliphatic heterocycles. The number of benzene rings is 1. The van der Waals surface area contributed by atoms with Gasteiger partial charge in [-0.15, -0.1) is 0 Å². The standard InChI is InChI=1S/C20H20F2N2O3/c21-13-7-8-15(22)14(11-13)16-12-19(27-23-16)20(25)24-9-3-1-2-5-17(24)18-6-4-10-26-18/h4,6-8,10-11,17,19H,1-3,5,9,12H2/t17-,19-/m0/s1. The summed E-state index contributed by atoms with van der Waals surface area (Å²) >= 11 is 0. The van der Waals surface area contributed by atoms with E-state index in [1.807, 2.05) is 12.1 Å². The van der Waals surface area contributed by atoms with Crippen LogP contribution in [0.4, 0.5) is 8.78 Å². The van der Waals surface area contributed by atoms with E-state index in [1.165, 1.54) is 0 Å². The Hall–Kier alpha value is -2.70. The second-order valence-corrected chi connectivity index (χ2v) is 6.87. The molecule has 2 atom stereocenters. The van der Waals surface area contributed by atoms with Crippen LogP contribution in [0.2, 0.25) is 0 Å². The normalized spacial score (nSPS) is 22.9. The lowest BCUT2D eigenvalue weighted by molar-refractivity contribution is -0.145. The number of hydrogen-bond donors (Lipinski definition) is 0. The number of rotatable bonds is 3. The van der Waals surface area contributed by atoms with Gasteiger partial charge >= 0.3 is 0 Å². The molecule has 142 valence electrons. The van der Waals surface area contributed by atoms with Crippen LogP contribution >= 0.6 is 0 Å². The topological polar surface area (TPSA) is 55.0 Å². The summed E-state index contributed by atoms with van der Waals surface area (Å²) in [6, 6.07) is 6.70. The van der Waals surface area contributed by atoms with Crippen molar-refractivity contribution in [3.8, 4) is 0 Å². The van der Waals surface area contributed by atoms with Gasteiger partial charge in [0.25, 0.3) is 5.91 Å². The van der Waals surface area contributed by atoms with Crippen molar-refractivity contribution < 1.29 is 22.8 Å². The maximum Gasteiger partial charge on any atom is 0.267 e. The molecule has 1 saturated heterocycles. The van der Waals surface area contributed by atoms with E-state index in [4.69, 9.17) is 9.25 Å². The Kier molecular flexibility index (Phi) is 4.92. The molecule has 2 aliphatic rings. The number of amides is 1. The molecule has 1 aromatic carbocycles. The van der Waals surface area contributed by atoms with Gasteiger partial charge in [0.2, 0.25) is 6.10 Å². The lowest BCUT2D eigenvalue weighted by Gasteiger charge is -2.30. The maximum absolute atomic E-state index is 14.0. The third-order valence-corrected chi connectivity index (χ3v) is 5.09. The first-order valence-corrected chi connectivity index (χ1v) is 9.15. The summed E-state index contributed by atoms with van der Waals surface area (Å²) in [7, 11) is 0. The van der Waals surface area contributed by atoms with Gasteiger partial charge in [-0.3, -0.25) is 4.79 Å². The van der Waals surface area contributed by atoms with Gasteiger partial charge in [0, 0.05) is 18.5 Å². The Bertz CT molecular complexity index is 851. The quantitative estimate of drug-likeness (QED) is 0.809. The van der Waals surface area contributed by atoms with Crippen LogP contribution in [0.5, 0.6) is 0 Å². The van der Waals surface area contributed by atoms with E-state index >= 15 is 0 Å². The van der Waals surface area contributed by atoms with E-state index in [1.54, 1.807) is 11.2 Å². The number of carbonyl (C=O) groups excluding carboxylic acids is 1. The number of carbonyl (C=O) groups is 1. The summed E-state index contributed by atoms with van der Waals surface area (Å²) in [4.78, 5) is 20.2. The summed E-state index contributed by atoms with van der Waals surface area (Å²) in [5.74, 6) is -0.598. The Morgan fingerprint density at radius 3 is 2.89 bits per heavy atom. The van der Waals surface area contributed by atoms with Crippen molar-refractivity contribution in [2.24, 2.45) is 5.16 Å². The third-order valence-electron chi connectivity index (χ3n) is 5.09. The first-order chi connectivity index (χ1) is 13.1. The van der Waals surface area contributed by atoms with Gasteiger partial charge in [0.15, 0.2) is 0 Å². The van der Waals surface area contributed by atoms with Crippen molar-refractivity contribution in [2.75, 3.05) is 6.54 Å². The highest BCUT2D eigenvalue weighted by Gasteiger charge is 2.37. The molecule has 1 amide bonds. The summed E-state index contributed by atoms with van der Waals surface area (Å²) in [5, 5.41) is 3.86. The first kappa shape index (κ1) is 17.7. The molecule has 2 aromatic rings. The fourth-order valence-corrected chi connectivity index (χ4v) is 3.72. The zero-order valence-corrected chi connectivity index (χ0v) is 14.7. The first-order valence-electron chi connectivity index (χ1n) is 9.15. The van der Waals surface area contributed by atoms with Crippen molar-refractivity contribution in [2.45, 2.75) is 44.2 Å². The van der Waals surface area contributed by atoms with E-state index in [0.717, 1.165) is 49.6 Å². The number of furan rings is 1. The van der Waals surface area contributed by atoms with Gasteiger partial charge in [0.1, 0.15) is 17.4 Å². The molecule has 0 saturated carbocycles. The SMILES string of the molecule is O=C([C@@H]1CC(c2cc(F)ccc2F)=NO1)N1CCCCC[C@H]1c1ccco1. The number of halogens is 2. The second-order valence-electron chi connectivity index (χ2n) is 6.87. The molecule has 7 heteroatoms. The fourth-order valence-electron chi connectivity index (χ4n) is 3.72. The Balaban J connectivity index is 1.52. The van der Waals surface area contributed by atoms with Gasteiger partial charge < -0.3 is 14.2 Å².